The van der Waals surface area contributed by atoms with Crippen LogP contribution >= 0.6 is 11.3 Å². The lowest BCUT2D eigenvalue weighted by molar-refractivity contribution is -0.385. The molecule has 2 aromatic rings. The predicted octanol–water partition coefficient (Wildman–Crippen LogP) is 2.20. The van der Waals surface area contributed by atoms with E-state index < -0.39 is 4.92 Å². The number of nitrogens with one attached hydrogen (secondary N) is 1. The van der Waals surface area contributed by atoms with Gasteiger partial charge in [-0.3, -0.25) is 19.6 Å². The van der Waals surface area contributed by atoms with E-state index in [-0.39, 0.29) is 24.6 Å². The summed E-state index contributed by atoms with van der Waals surface area (Å²) in [7, 11) is 0. The van der Waals surface area contributed by atoms with Crippen LogP contribution in [-0.4, -0.2) is 25.6 Å². The maximum atomic E-state index is 11.8. The second kappa shape index (κ2) is 6.00. The molecular weight excluding hydrogens is 294 g/mol. The van der Waals surface area contributed by atoms with E-state index in [1.165, 1.54) is 22.2 Å². The number of nitrogens with zero attached hydrogens (tertiary/aromatic N) is 4. The predicted molar refractivity (Wildman–Crippen MR) is 78.5 cm³/mol. The summed E-state index contributed by atoms with van der Waals surface area (Å²) in [6.07, 6.45) is 1.51. The van der Waals surface area contributed by atoms with Crippen molar-refractivity contribution in [3.8, 4) is 0 Å². The smallest absolute Gasteiger partial charge is 0.302 e. The second-order valence-electron chi connectivity index (χ2n) is 4.58. The Kier molecular flexibility index (Phi) is 4.32. The van der Waals surface area contributed by atoms with Crippen molar-refractivity contribution < 1.29 is 9.72 Å². The normalized spacial score (nSPS) is 10.6. The molecule has 1 N–H and O–H groups in total. The molecule has 0 fully saturated rings. The highest BCUT2D eigenvalue weighted by Crippen LogP contribution is 2.21. The third kappa shape index (κ3) is 3.63. The Morgan fingerprint density at radius 3 is 2.67 bits per heavy atom. The van der Waals surface area contributed by atoms with E-state index in [0.717, 1.165) is 10.6 Å². The molecule has 0 radical (unpaired) electrons. The molecule has 2 rings (SSSR count). The van der Waals surface area contributed by atoms with E-state index >= 15 is 0 Å². The Morgan fingerprint density at radius 1 is 1.43 bits per heavy atom. The number of carbonyl (C=O) groups is 1. The zero-order valence-electron chi connectivity index (χ0n) is 11.9. The third-order valence-electron chi connectivity index (χ3n) is 2.96. The quantitative estimate of drug-likeness (QED) is 0.673. The van der Waals surface area contributed by atoms with E-state index in [1.807, 2.05) is 13.8 Å². The summed E-state index contributed by atoms with van der Waals surface area (Å²) in [5.41, 5.74) is 1.20. The first-order chi connectivity index (χ1) is 9.86. The Labute approximate surface area is 125 Å². The van der Waals surface area contributed by atoms with Crippen LogP contribution < -0.4 is 5.32 Å². The maximum Gasteiger partial charge on any atom is 0.309 e. The lowest BCUT2D eigenvalue weighted by Crippen LogP contribution is -2.14. The van der Waals surface area contributed by atoms with Crippen LogP contribution in [0.1, 0.15) is 22.7 Å². The van der Waals surface area contributed by atoms with Crippen LogP contribution in [0.4, 0.5) is 10.8 Å². The fourth-order valence-corrected chi connectivity index (χ4v) is 2.56. The fourth-order valence-electron chi connectivity index (χ4n) is 1.73. The van der Waals surface area contributed by atoms with Gasteiger partial charge in [-0.2, -0.15) is 5.10 Å². The summed E-state index contributed by atoms with van der Waals surface area (Å²) in [5, 5.41) is 18.0. The zero-order valence-corrected chi connectivity index (χ0v) is 12.7. The van der Waals surface area contributed by atoms with Crippen LogP contribution in [0.5, 0.6) is 0 Å². The molecular formula is C12H15N5O3S. The lowest BCUT2D eigenvalue weighted by atomic mass is 10.4. The number of hydrogen-bond donors (Lipinski definition) is 1. The summed E-state index contributed by atoms with van der Waals surface area (Å²) < 4.78 is 1.41. The Balaban J connectivity index is 1.92. The molecule has 0 aliphatic carbocycles. The van der Waals surface area contributed by atoms with Crippen LogP contribution in [0, 0.1) is 30.9 Å². The highest BCUT2D eigenvalue weighted by molar-refractivity contribution is 7.15. The van der Waals surface area contributed by atoms with Gasteiger partial charge in [0.2, 0.25) is 5.91 Å². The van der Waals surface area contributed by atoms with Crippen molar-refractivity contribution in [1.29, 1.82) is 0 Å². The maximum absolute atomic E-state index is 11.8. The molecule has 112 valence electrons. The van der Waals surface area contributed by atoms with Crippen LogP contribution in [0.2, 0.25) is 0 Å². The molecule has 1 amide bonds. The van der Waals surface area contributed by atoms with Gasteiger partial charge in [0.1, 0.15) is 11.9 Å². The largest absolute Gasteiger partial charge is 0.309 e. The van der Waals surface area contributed by atoms with Crippen LogP contribution in [0.3, 0.4) is 0 Å². The first-order valence-electron chi connectivity index (χ1n) is 6.29. The lowest BCUT2D eigenvalue weighted by Gasteiger charge is -2.01. The van der Waals surface area contributed by atoms with Crippen molar-refractivity contribution in [2.75, 3.05) is 5.32 Å². The summed E-state index contributed by atoms with van der Waals surface area (Å²) in [6, 6.07) is 0. The average molecular weight is 309 g/mol. The van der Waals surface area contributed by atoms with E-state index in [9.17, 15) is 14.9 Å². The second-order valence-corrected chi connectivity index (χ2v) is 5.78. The third-order valence-corrected chi connectivity index (χ3v) is 3.95. The molecule has 0 atom stereocenters. The number of carbonyl (C=O) groups excluding carboxylic acids is 1. The Bertz CT molecular complexity index is 672. The van der Waals surface area contributed by atoms with Gasteiger partial charge in [-0.25, -0.2) is 4.98 Å². The number of nitro groups is 1. The molecule has 0 spiro atoms. The topological polar surface area (TPSA) is 103 Å². The van der Waals surface area contributed by atoms with Gasteiger partial charge in [-0.05, 0) is 20.8 Å². The monoisotopic (exact) mass is 309 g/mol. The SMILES string of the molecule is Cc1nn(CCC(=O)Nc2nc(C)c(C)s2)cc1[N+](=O)[O-]. The molecule has 9 heteroatoms. The summed E-state index contributed by atoms with van der Waals surface area (Å²) in [6.45, 7) is 5.67. The van der Waals surface area contributed by atoms with Gasteiger partial charge in [0.05, 0.1) is 10.6 Å². The van der Waals surface area contributed by atoms with Crippen LogP contribution in [0.15, 0.2) is 6.20 Å². The first kappa shape index (κ1) is 15.1. The van der Waals surface area contributed by atoms with E-state index in [4.69, 9.17) is 0 Å². The number of aryl methyl sites for hydroxylation is 4. The van der Waals surface area contributed by atoms with Gasteiger partial charge in [0.25, 0.3) is 0 Å². The highest BCUT2D eigenvalue weighted by atomic mass is 32.1. The van der Waals surface area contributed by atoms with Crippen LogP contribution in [-0.2, 0) is 11.3 Å². The number of aromatic nitrogens is 3. The summed E-state index contributed by atoms with van der Waals surface area (Å²) in [5.74, 6) is -0.195. The van der Waals surface area contributed by atoms with E-state index in [0.29, 0.717) is 10.8 Å². The van der Waals surface area contributed by atoms with E-state index in [1.54, 1.807) is 6.92 Å². The number of thiazole rings is 1. The number of amides is 1. The average Bonchev–Trinajstić information content (AvgIpc) is 2.91. The number of rotatable bonds is 5. The zero-order chi connectivity index (χ0) is 15.6. The summed E-state index contributed by atoms with van der Waals surface area (Å²) in [4.78, 5) is 27.3. The molecule has 0 bridgehead atoms. The van der Waals surface area contributed by atoms with Gasteiger partial charge < -0.3 is 5.32 Å². The standard InChI is InChI=1S/C12H15N5O3S/c1-7-9(3)21-12(13-7)14-11(18)4-5-16-6-10(17(19)20)8(2)15-16/h6H,4-5H2,1-3H3,(H,13,14,18). The Morgan fingerprint density at radius 2 is 2.14 bits per heavy atom. The molecule has 0 aromatic carbocycles. The molecule has 21 heavy (non-hydrogen) atoms. The number of hydrogen-bond acceptors (Lipinski definition) is 6. The molecule has 2 heterocycles. The molecule has 0 aliphatic rings. The van der Waals surface area contributed by atoms with Crippen molar-refractivity contribution in [2.45, 2.75) is 33.7 Å². The van der Waals surface area contributed by atoms with Gasteiger partial charge in [0, 0.05) is 17.8 Å². The van der Waals surface area contributed by atoms with E-state index in [2.05, 4.69) is 15.4 Å². The van der Waals surface area contributed by atoms with Crippen molar-refractivity contribution in [2.24, 2.45) is 0 Å². The Hall–Kier alpha value is -2.29. The first-order valence-corrected chi connectivity index (χ1v) is 7.11. The molecule has 8 nitrogen and oxygen atoms in total. The van der Waals surface area contributed by atoms with Gasteiger partial charge in [-0.1, -0.05) is 0 Å². The van der Waals surface area contributed by atoms with Crippen molar-refractivity contribution in [3.05, 3.63) is 32.6 Å². The minimum atomic E-state index is -0.486. The fraction of sp³-hybridized carbons (Fsp3) is 0.417. The van der Waals surface area contributed by atoms with Gasteiger partial charge in [-0.15, -0.1) is 11.3 Å². The van der Waals surface area contributed by atoms with Crippen LogP contribution in [0.25, 0.3) is 0 Å². The molecule has 0 saturated carbocycles. The minimum absolute atomic E-state index is 0.0402. The van der Waals surface area contributed by atoms with Crippen molar-refractivity contribution >= 4 is 28.1 Å². The highest BCUT2D eigenvalue weighted by Gasteiger charge is 2.16. The molecule has 2 aromatic heterocycles. The molecule has 0 aliphatic heterocycles. The van der Waals surface area contributed by atoms with Crippen molar-refractivity contribution in [3.63, 3.8) is 0 Å². The molecule has 0 unspecified atom stereocenters. The van der Waals surface area contributed by atoms with Crippen molar-refractivity contribution in [1.82, 2.24) is 14.8 Å². The number of anilines is 1. The summed E-state index contributed by atoms with van der Waals surface area (Å²) >= 11 is 1.42. The van der Waals surface area contributed by atoms with Gasteiger partial charge in [0.15, 0.2) is 5.13 Å². The van der Waals surface area contributed by atoms with Gasteiger partial charge >= 0.3 is 5.69 Å². The minimum Gasteiger partial charge on any atom is -0.302 e. The molecule has 0 saturated heterocycles.